The van der Waals surface area contributed by atoms with E-state index in [0.29, 0.717) is 18.1 Å². The van der Waals surface area contributed by atoms with Crippen LogP contribution >= 0.6 is 0 Å². The summed E-state index contributed by atoms with van der Waals surface area (Å²) in [6.07, 6.45) is 0. The number of phenolic OH excluding ortho intramolecular Hbond substituents is 1. The van der Waals surface area contributed by atoms with Crippen molar-refractivity contribution in [1.82, 2.24) is 15.1 Å². The molecule has 21 heavy (non-hydrogen) atoms. The first-order valence-electron chi connectivity index (χ1n) is 7.88. The summed E-state index contributed by atoms with van der Waals surface area (Å²) < 4.78 is 5.45. The van der Waals surface area contributed by atoms with E-state index in [9.17, 15) is 5.11 Å². The summed E-state index contributed by atoms with van der Waals surface area (Å²) in [6.45, 7) is 9.95. The van der Waals surface area contributed by atoms with Gasteiger partial charge in [-0.25, -0.2) is 0 Å². The number of ether oxygens (including phenoxy) is 1. The molecule has 2 aliphatic heterocycles. The minimum atomic E-state index is 0.296. The molecule has 3 rings (SSSR count). The second-order valence-electron chi connectivity index (χ2n) is 5.82. The minimum Gasteiger partial charge on any atom is -0.504 e. The van der Waals surface area contributed by atoms with Gasteiger partial charge in [0.15, 0.2) is 11.5 Å². The second-order valence-corrected chi connectivity index (χ2v) is 5.82. The van der Waals surface area contributed by atoms with Crippen molar-refractivity contribution in [2.75, 3.05) is 45.9 Å². The number of piperazine rings is 1. The van der Waals surface area contributed by atoms with Crippen molar-refractivity contribution in [1.29, 1.82) is 0 Å². The average molecular weight is 291 g/mol. The van der Waals surface area contributed by atoms with E-state index in [1.165, 1.54) is 0 Å². The number of para-hydroxylation sites is 1. The zero-order valence-electron chi connectivity index (χ0n) is 12.7. The maximum absolute atomic E-state index is 10.3. The highest BCUT2D eigenvalue weighted by molar-refractivity contribution is 5.45. The first kappa shape index (κ1) is 14.6. The summed E-state index contributed by atoms with van der Waals surface area (Å²) in [4.78, 5) is 4.98. The van der Waals surface area contributed by atoms with Gasteiger partial charge in [-0.1, -0.05) is 12.1 Å². The Labute approximate surface area is 126 Å². The van der Waals surface area contributed by atoms with Crippen molar-refractivity contribution in [3.05, 3.63) is 23.8 Å². The Morgan fingerprint density at radius 1 is 1.24 bits per heavy atom. The fourth-order valence-electron chi connectivity index (χ4n) is 3.03. The lowest BCUT2D eigenvalue weighted by Gasteiger charge is -2.43. The van der Waals surface area contributed by atoms with Crippen LogP contribution in [-0.2, 0) is 6.54 Å². The zero-order valence-corrected chi connectivity index (χ0v) is 12.7. The SMILES string of the molecule is CCOc1cccc(CN2CCN(C3CNC3)CC2)c1O. The first-order chi connectivity index (χ1) is 10.3. The standard InChI is InChI=1S/C16H25N3O2/c1-2-21-15-5-3-4-13(16(15)20)12-18-6-8-19(9-7-18)14-10-17-11-14/h3-5,14,17,20H,2,6-12H2,1H3. The molecule has 1 aromatic carbocycles. The van der Waals surface area contributed by atoms with Gasteiger partial charge < -0.3 is 15.2 Å². The van der Waals surface area contributed by atoms with E-state index in [4.69, 9.17) is 4.74 Å². The molecule has 0 atom stereocenters. The van der Waals surface area contributed by atoms with Gasteiger partial charge in [-0.2, -0.15) is 0 Å². The molecule has 0 spiro atoms. The normalized spacial score (nSPS) is 21.2. The van der Waals surface area contributed by atoms with Gasteiger partial charge in [0.05, 0.1) is 6.61 Å². The topological polar surface area (TPSA) is 48.0 Å². The van der Waals surface area contributed by atoms with Gasteiger partial charge in [-0.3, -0.25) is 9.80 Å². The van der Waals surface area contributed by atoms with E-state index in [1.54, 1.807) is 0 Å². The minimum absolute atomic E-state index is 0.296. The molecular weight excluding hydrogens is 266 g/mol. The van der Waals surface area contributed by atoms with Gasteiger partial charge in [0.25, 0.3) is 0 Å². The van der Waals surface area contributed by atoms with Crippen LogP contribution in [-0.4, -0.2) is 66.8 Å². The summed E-state index contributed by atoms with van der Waals surface area (Å²) in [5.74, 6) is 0.888. The van der Waals surface area contributed by atoms with E-state index in [-0.39, 0.29) is 0 Å². The van der Waals surface area contributed by atoms with Crippen LogP contribution in [0, 0.1) is 0 Å². The Balaban J connectivity index is 1.56. The second kappa shape index (κ2) is 6.64. The lowest BCUT2D eigenvalue weighted by Crippen LogP contribution is -2.61. The Morgan fingerprint density at radius 2 is 2.00 bits per heavy atom. The molecule has 0 bridgehead atoms. The molecular formula is C16H25N3O2. The van der Waals surface area contributed by atoms with Crippen LogP contribution < -0.4 is 10.1 Å². The monoisotopic (exact) mass is 291 g/mol. The lowest BCUT2D eigenvalue weighted by atomic mass is 10.1. The van der Waals surface area contributed by atoms with E-state index in [0.717, 1.165) is 57.4 Å². The first-order valence-corrected chi connectivity index (χ1v) is 7.88. The van der Waals surface area contributed by atoms with Gasteiger partial charge in [-0.15, -0.1) is 0 Å². The third-order valence-electron chi connectivity index (χ3n) is 4.46. The molecule has 2 fully saturated rings. The Kier molecular flexibility index (Phi) is 4.63. The van der Waals surface area contributed by atoms with E-state index in [2.05, 4.69) is 15.1 Å². The maximum Gasteiger partial charge on any atom is 0.162 e. The molecule has 116 valence electrons. The number of hydrogen-bond donors (Lipinski definition) is 2. The number of benzene rings is 1. The van der Waals surface area contributed by atoms with Crippen LogP contribution in [0.3, 0.4) is 0 Å². The number of nitrogens with zero attached hydrogens (tertiary/aromatic N) is 2. The van der Waals surface area contributed by atoms with Crippen molar-refractivity contribution in [2.24, 2.45) is 0 Å². The summed E-state index contributed by atoms with van der Waals surface area (Å²) in [5, 5.41) is 13.6. The van der Waals surface area contributed by atoms with Crippen LogP contribution in [0.4, 0.5) is 0 Å². The molecule has 2 saturated heterocycles. The molecule has 0 saturated carbocycles. The predicted octanol–water partition coefficient (Wildman–Crippen LogP) is 0.880. The van der Waals surface area contributed by atoms with Crippen molar-refractivity contribution in [3.8, 4) is 11.5 Å². The van der Waals surface area contributed by atoms with Crippen LogP contribution in [0.15, 0.2) is 18.2 Å². The van der Waals surface area contributed by atoms with E-state index in [1.807, 2.05) is 25.1 Å². The van der Waals surface area contributed by atoms with Crippen LogP contribution in [0.5, 0.6) is 11.5 Å². The summed E-state index contributed by atoms with van der Waals surface area (Å²) in [7, 11) is 0. The fraction of sp³-hybridized carbons (Fsp3) is 0.625. The summed E-state index contributed by atoms with van der Waals surface area (Å²) in [5.41, 5.74) is 0.958. The molecule has 2 heterocycles. The highest BCUT2D eigenvalue weighted by atomic mass is 16.5. The number of nitrogens with one attached hydrogen (secondary N) is 1. The van der Waals surface area contributed by atoms with Gasteiger partial charge in [0.1, 0.15) is 0 Å². The Morgan fingerprint density at radius 3 is 2.62 bits per heavy atom. The predicted molar refractivity (Wildman–Crippen MR) is 82.8 cm³/mol. The highest BCUT2D eigenvalue weighted by Crippen LogP contribution is 2.30. The average Bonchev–Trinajstić information content (AvgIpc) is 2.44. The number of phenols is 1. The molecule has 0 aromatic heterocycles. The smallest absolute Gasteiger partial charge is 0.162 e. The number of aromatic hydroxyl groups is 1. The molecule has 2 N–H and O–H groups in total. The van der Waals surface area contributed by atoms with Gasteiger partial charge in [0, 0.05) is 57.4 Å². The third-order valence-corrected chi connectivity index (χ3v) is 4.46. The van der Waals surface area contributed by atoms with E-state index >= 15 is 0 Å². The number of hydrogen-bond acceptors (Lipinski definition) is 5. The van der Waals surface area contributed by atoms with Gasteiger partial charge in [0.2, 0.25) is 0 Å². The quantitative estimate of drug-likeness (QED) is 0.843. The molecule has 5 nitrogen and oxygen atoms in total. The fourth-order valence-corrected chi connectivity index (χ4v) is 3.03. The molecule has 1 aromatic rings. The molecule has 0 aliphatic carbocycles. The van der Waals surface area contributed by atoms with E-state index < -0.39 is 0 Å². The van der Waals surface area contributed by atoms with Crippen molar-refractivity contribution < 1.29 is 9.84 Å². The van der Waals surface area contributed by atoms with Crippen LogP contribution in [0.1, 0.15) is 12.5 Å². The molecule has 0 unspecified atom stereocenters. The van der Waals surface area contributed by atoms with Crippen molar-refractivity contribution in [3.63, 3.8) is 0 Å². The maximum atomic E-state index is 10.3. The number of rotatable bonds is 5. The largest absolute Gasteiger partial charge is 0.504 e. The molecule has 0 amide bonds. The summed E-state index contributed by atoms with van der Waals surface area (Å²) in [6, 6.07) is 6.50. The third kappa shape index (κ3) is 3.31. The van der Waals surface area contributed by atoms with Crippen LogP contribution in [0.25, 0.3) is 0 Å². The highest BCUT2D eigenvalue weighted by Gasteiger charge is 2.27. The van der Waals surface area contributed by atoms with Crippen LogP contribution in [0.2, 0.25) is 0 Å². The molecule has 0 radical (unpaired) electrons. The Hall–Kier alpha value is -1.30. The molecule has 2 aliphatic rings. The molecule has 5 heteroatoms. The van der Waals surface area contributed by atoms with Crippen molar-refractivity contribution >= 4 is 0 Å². The van der Waals surface area contributed by atoms with Crippen molar-refractivity contribution in [2.45, 2.75) is 19.5 Å². The summed E-state index contributed by atoms with van der Waals surface area (Å²) >= 11 is 0. The lowest BCUT2D eigenvalue weighted by molar-refractivity contribution is 0.0692. The van der Waals surface area contributed by atoms with Gasteiger partial charge >= 0.3 is 0 Å². The Bertz CT molecular complexity index is 469. The van der Waals surface area contributed by atoms with Gasteiger partial charge in [-0.05, 0) is 13.0 Å². The zero-order chi connectivity index (χ0) is 14.7.